The van der Waals surface area contributed by atoms with E-state index in [1.807, 2.05) is 91.0 Å². The number of carbonyl (C=O) groups excluding carboxylic acids is 2. The summed E-state index contributed by atoms with van der Waals surface area (Å²) >= 11 is 7.24. The predicted molar refractivity (Wildman–Crippen MR) is 200 cm³/mol. The lowest BCUT2D eigenvalue weighted by atomic mass is 9.78. The second-order valence-electron chi connectivity index (χ2n) is 12.8. The molecular weight excluding hydrogens is 762 g/mol. The molecule has 6 rings (SSSR count). The van der Waals surface area contributed by atoms with Crippen molar-refractivity contribution in [1.29, 1.82) is 0 Å². The summed E-state index contributed by atoms with van der Waals surface area (Å²) in [6.45, 7) is 1.92. The molecule has 50 heavy (non-hydrogen) atoms. The zero-order valence-corrected chi connectivity index (χ0v) is 31.1. The van der Waals surface area contributed by atoms with Crippen LogP contribution in [0.3, 0.4) is 0 Å². The Balaban J connectivity index is 1.35. The number of nitrogens with zero attached hydrogens (tertiary/aromatic N) is 1. The molecule has 1 heterocycles. The number of hydrogen-bond donors (Lipinski definition) is 0. The van der Waals surface area contributed by atoms with Crippen LogP contribution in [-0.4, -0.2) is 64.4 Å². The molecule has 0 N–H and O–H groups in total. The summed E-state index contributed by atoms with van der Waals surface area (Å²) in [5.41, 5.74) is 3.87. The van der Waals surface area contributed by atoms with Crippen molar-refractivity contribution in [2.24, 2.45) is 5.92 Å². The monoisotopic (exact) mass is 803 g/mol. The molecule has 1 fully saturated rings. The molecule has 2 aliphatic rings. The number of fused-ring (bicyclic) bond motifs is 1. The summed E-state index contributed by atoms with van der Waals surface area (Å²) in [6.07, 6.45) is 0.536. The minimum absolute atomic E-state index is 0.147. The summed E-state index contributed by atoms with van der Waals surface area (Å²) in [5, 5.41) is 0.838. The van der Waals surface area contributed by atoms with Crippen molar-refractivity contribution in [2.45, 2.75) is 68.3 Å². The molecule has 7 nitrogen and oxygen atoms in total. The van der Waals surface area contributed by atoms with Gasteiger partial charge in [-0.15, -0.1) is 0 Å². The SMILES string of the molecule is O=C1c2ccccc2C(=O)N1C1C(OCCCC(Br)CBr)CC(COCc2ccccc2)C(OCc2ccccc2)C1OCc1ccccc1. The first-order valence-electron chi connectivity index (χ1n) is 17.2. The molecule has 1 aliphatic carbocycles. The van der Waals surface area contributed by atoms with Crippen molar-refractivity contribution in [3.05, 3.63) is 143 Å². The van der Waals surface area contributed by atoms with E-state index in [1.165, 1.54) is 4.90 Å². The molecule has 6 atom stereocenters. The van der Waals surface area contributed by atoms with Crippen LogP contribution in [0.25, 0.3) is 0 Å². The van der Waals surface area contributed by atoms with Gasteiger partial charge in [0, 0.05) is 22.7 Å². The number of alkyl halides is 2. The number of hydrogen-bond acceptors (Lipinski definition) is 6. The molecule has 4 aromatic rings. The van der Waals surface area contributed by atoms with Crippen molar-refractivity contribution >= 4 is 43.7 Å². The van der Waals surface area contributed by atoms with Gasteiger partial charge in [0.05, 0.1) is 55.8 Å². The first-order valence-corrected chi connectivity index (χ1v) is 19.3. The van der Waals surface area contributed by atoms with Gasteiger partial charge in [0.2, 0.25) is 0 Å². The molecule has 1 saturated carbocycles. The van der Waals surface area contributed by atoms with Crippen molar-refractivity contribution in [3.63, 3.8) is 0 Å². The third-order valence-electron chi connectivity index (χ3n) is 9.34. The maximum Gasteiger partial charge on any atom is 0.261 e. The Hall–Kier alpha value is -3.18. The number of ether oxygens (including phenoxy) is 4. The van der Waals surface area contributed by atoms with Gasteiger partial charge in [-0.3, -0.25) is 14.5 Å². The van der Waals surface area contributed by atoms with Crippen molar-refractivity contribution in [2.75, 3.05) is 18.5 Å². The molecule has 262 valence electrons. The lowest BCUT2D eigenvalue weighted by Gasteiger charge is -2.48. The molecule has 9 heteroatoms. The summed E-state index contributed by atoms with van der Waals surface area (Å²) < 4.78 is 26.8. The Morgan fingerprint density at radius 1 is 0.660 bits per heavy atom. The number of benzene rings is 4. The second kappa shape index (κ2) is 18.4. The molecule has 1 aliphatic heterocycles. The highest BCUT2D eigenvalue weighted by Crippen LogP contribution is 2.39. The van der Waals surface area contributed by atoms with E-state index < -0.39 is 24.4 Å². The number of carbonyl (C=O) groups is 2. The Morgan fingerprint density at radius 2 is 1.16 bits per heavy atom. The lowest BCUT2D eigenvalue weighted by Crippen LogP contribution is -2.64. The van der Waals surface area contributed by atoms with Crippen LogP contribution in [0.15, 0.2) is 115 Å². The smallest absolute Gasteiger partial charge is 0.261 e. The van der Waals surface area contributed by atoms with E-state index in [-0.39, 0.29) is 24.3 Å². The van der Waals surface area contributed by atoms with Crippen molar-refractivity contribution in [1.82, 2.24) is 4.90 Å². The molecule has 0 saturated heterocycles. The highest BCUT2D eigenvalue weighted by Gasteiger charge is 2.54. The summed E-state index contributed by atoms with van der Waals surface area (Å²) in [7, 11) is 0. The van der Waals surface area contributed by atoms with Gasteiger partial charge in [-0.05, 0) is 48.1 Å². The third-order valence-corrected chi connectivity index (χ3v) is 11.8. The Kier molecular flexibility index (Phi) is 13.4. The number of rotatable bonds is 17. The third kappa shape index (κ3) is 9.18. The summed E-state index contributed by atoms with van der Waals surface area (Å²) in [4.78, 5) is 30.0. The molecular formula is C41H43Br2NO6. The Bertz CT molecular complexity index is 1620. The van der Waals surface area contributed by atoms with Crippen LogP contribution in [0.1, 0.15) is 56.7 Å². The van der Waals surface area contributed by atoms with Crippen LogP contribution >= 0.6 is 31.9 Å². The molecule has 2 amide bonds. The fourth-order valence-corrected chi connectivity index (χ4v) is 7.49. The van der Waals surface area contributed by atoms with Gasteiger partial charge < -0.3 is 18.9 Å². The van der Waals surface area contributed by atoms with Crippen LogP contribution < -0.4 is 0 Å². The van der Waals surface area contributed by atoms with E-state index in [1.54, 1.807) is 24.3 Å². The minimum atomic E-state index is -0.729. The highest BCUT2D eigenvalue weighted by atomic mass is 79.9. The van der Waals surface area contributed by atoms with Crippen LogP contribution in [0.2, 0.25) is 0 Å². The van der Waals surface area contributed by atoms with Crippen LogP contribution in [0.5, 0.6) is 0 Å². The fraction of sp³-hybridized carbons (Fsp3) is 0.366. The first kappa shape index (κ1) is 36.6. The van der Waals surface area contributed by atoms with E-state index >= 15 is 0 Å². The lowest BCUT2D eigenvalue weighted by molar-refractivity contribution is -0.193. The summed E-state index contributed by atoms with van der Waals surface area (Å²) in [6, 6.07) is 36.3. The van der Waals surface area contributed by atoms with Gasteiger partial charge in [0.15, 0.2) is 0 Å². The number of imide groups is 1. The zero-order valence-electron chi connectivity index (χ0n) is 28.0. The molecule has 6 unspecified atom stereocenters. The van der Waals surface area contributed by atoms with E-state index in [0.717, 1.165) is 34.9 Å². The first-order chi connectivity index (χ1) is 24.5. The van der Waals surface area contributed by atoms with Crippen molar-refractivity contribution < 1.29 is 28.5 Å². The van der Waals surface area contributed by atoms with E-state index in [2.05, 4.69) is 31.9 Å². The molecule has 0 radical (unpaired) electrons. The van der Waals surface area contributed by atoms with E-state index in [4.69, 9.17) is 18.9 Å². The van der Waals surface area contributed by atoms with Crippen LogP contribution in [0.4, 0.5) is 0 Å². The van der Waals surface area contributed by atoms with E-state index in [9.17, 15) is 9.59 Å². The van der Waals surface area contributed by atoms with Crippen LogP contribution in [-0.2, 0) is 38.8 Å². The minimum Gasteiger partial charge on any atom is -0.376 e. The van der Waals surface area contributed by atoms with Gasteiger partial charge in [0.25, 0.3) is 11.8 Å². The van der Waals surface area contributed by atoms with Gasteiger partial charge in [0.1, 0.15) is 6.10 Å². The highest BCUT2D eigenvalue weighted by molar-refractivity contribution is 9.12. The van der Waals surface area contributed by atoms with Crippen LogP contribution in [0, 0.1) is 5.92 Å². The topological polar surface area (TPSA) is 74.3 Å². The average molecular weight is 806 g/mol. The second-order valence-corrected chi connectivity index (χ2v) is 14.8. The van der Waals surface area contributed by atoms with Gasteiger partial charge in [-0.1, -0.05) is 135 Å². The number of halogens is 2. The van der Waals surface area contributed by atoms with Gasteiger partial charge >= 0.3 is 0 Å². The standard InChI is InChI=1S/C41H43Br2NO6/c42-24-33(43)19-12-22-48-36-23-32(28-47-25-29-13-4-1-5-14-29)38(49-26-30-15-6-2-7-16-30)39(50-27-31-17-8-3-9-18-31)37(36)44-40(45)34-20-10-11-21-35(34)41(44)46/h1-11,13-18,20-21,32-33,36-39H,12,19,22-28H2. The predicted octanol–water partition coefficient (Wildman–Crippen LogP) is 8.38. The van der Waals surface area contributed by atoms with Crippen molar-refractivity contribution in [3.8, 4) is 0 Å². The van der Waals surface area contributed by atoms with Gasteiger partial charge in [-0.25, -0.2) is 0 Å². The molecule has 4 aromatic carbocycles. The fourth-order valence-electron chi connectivity index (χ4n) is 6.84. The summed E-state index contributed by atoms with van der Waals surface area (Å²) in [5.74, 6) is -0.818. The maximum absolute atomic E-state index is 14.1. The van der Waals surface area contributed by atoms with Gasteiger partial charge in [-0.2, -0.15) is 0 Å². The Labute approximate surface area is 311 Å². The number of amides is 2. The zero-order chi connectivity index (χ0) is 34.7. The van der Waals surface area contributed by atoms with E-state index in [0.29, 0.717) is 48.8 Å². The quantitative estimate of drug-likeness (QED) is 0.0607. The normalized spacial score (nSPS) is 22.4. The molecule has 0 aromatic heterocycles. The average Bonchev–Trinajstić information content (AvgIpc) is 3.41. The molecule has 0 spiro atoms. The Morgan fingerprint density at radius 3 is 1.70 bits per heavy atom. The maximum atomic E-state index is 14.1. The largest absolute Gasteiger partial charge is 0.376 e. The molecule has 0 bridgehead atoms.